The van der Waals surface area contributed by atoms with Gasteiger partial charge in [0.05, 0.1) is 17.0 Å². The first-order valence-electron chi connectivity index (χ1n) is 12.6. The Kier molecular flexibility index (Phi) is 9.53. The standard InChI is InChI=1S/C28H30ClN3O6S/c1-18-7-9-20(10-8-18)30-24(33)17-38-26-21(29)13-19(14-22(26)37-2)15-23-27(35)32(28(36)39-23)16-25(34)31-11-5-3-4-6-12-31/h7-10,13-15H,3-6,11-12,16-17H2,1-2H3,(H,30,33). The van der Waals surface area contributed by atoms with Gasteiger partial charge in [-0.05, 0) is 67.4 Å². The summed E-state index contributed by atoms with van der Waals surface area (Å²) in [5.41, 5.74) is 2.22. The number of hydrogen-bond donors (Lipinski definition) is 1. The molecular formula is C28H30ClN3O6S. The third-order valence-electron chi connectivity index (χ3n) is 6.36. The number of carbonyl (C=O) groups is 4. The Bertz CT molecular complexity index is 1290. The van der Waals surface area contributed by atoms with E-state index in [1.165, 1.54) is 13.2 Å². The Morgan fingerprint density at radius 2 is 1.77 bits per heavy atom. The van der Waals surface area contributed by atoms with Crippen molar-refractivity contribution < 1.29 is 28.7 Å². The molecule has 2 aromatic carbocycles. The number of halogens is 1. The molecule has 2 fully saturated rings. The predicted molar refractivity (Wildman–Crippen MR) is 151 cm³/mol. The van der Waals surface area contributed by atoms with Gasteiger partial charge in [0.1, 0.15) is 6.54 Å². The van der Waals surface area contributed by atoms with Crippen molar-refractivity contribution in [2.75, 3.05) is 38.7 Å². The molecule has 2 heterocycles. The molecule has 206 valence electrons. The van der Waals surface area contributed by atoms with E-state index in [1.807, 2.05) is 19.1 Å². The number of rotatable bonds is 8. The van der Waals surface area contributed by atoms with Crippen molar-refractivity contribution >= 4 is 58.1 Å². The summed E-state index contributed by atoms with van der Waals surface area (Å²) in [5.74, 6) is -0.696. The largest absolute Gasteiger partial charge is 0.493 e. The Hall–Kier alpha value is -3.50. The molecule has 0 bridgehead atoms. The fraction of sp³-hybridized carbons (Fsp3) is 0.357. The number of nitrogens with one attached hydrogen (secondary N) is 1. The maximum atomic E-state index is 13.0. The van der Waals surface area contributed by atoms with Gasteiger partial charge in [0, 0.05) is 18.8 Å². The van der Waals surface area contributed by atoms with Crippen LogP contribution in [0.1, 0.15) is 36.8 Å². The third-order valence-corrected chi connectivity index (χ3v) is 7.55. The van der Waals surface area contributed by atoms with Gasteiger partial charge in [-0.3, -0.25) is 24.1 Å². The summed E-state index contributed by atoms with van der Waals surface area (Å²) in [6, 6.07) is 10.5. The predicted octanol–water partition coefficient (Wildman–Crippen LogP) is 5.11. The minimum Gasteiger partial charge on any atom is -0.493 e. The number of likely N-dealkylation sites (tertiary alicyclic amines) is 1. The zero-order valence-corrected chi connectivity index (χ0v) is 23.4. The number of ether oxygens (including phenoxy) is 2. The summed E-state index contributed by atoms with van der Waals surface area (Å²) in [6.45, 7) is 2.67. The highest BCUT2D eigenvalue weighted by Gasteiger charge is 2.37. The van der Waals surface area contributed by atoms with Crippen LogP contribution in [0.15, 0.2) is 41.3 Å². The second-order valence-corrected chi connectivity index (χ2v) is 10.7. The number of imide groups is 1. The first-order chi connectivity index (χ1) is 18.7. The molecule has 2 aliphatic rings. The number of carbonyl (C=O) groups excluding carboxylic acids is 4. The SMILES string of the molecule is COc1cc(C=C2SC(=O)N(CC(=O)N3CCCCCC3)C2=O)cc(Cl)c1OCC(=O)Nc1ccc(C)cc1. The van der Waals surface area contributed by atoms with Crippen molar-refractivity contribution in [1.29, 1.82) is 0 Å². The van der Waals surface area contributed by atoms with Crippen molar-refractivity contribution in [2.45, 2.75) is 32.6 Å². The molecule has 1 N–H and O–H groups in total. The van der Waals surface area contributed by atoms with Crippen molar-refractivity contribution in [1.82, 2.24) is 9.80 Å². The molecule has 0 aliphatic carbocycles. The molecule has 0 atom stereocenters. The molecule has 11 heteroatoms. The lowest BCUT2D eigenvalue weighted by Gasteiger charge is -2.22. The van der Waals surface area contributed by atoms with Gasteiger partial charge in [0.25, 0.3) is 17.1 Å². The number of methoxy groups -OCH3 is 1. The number of nitrogens with zero attached hydrogens (tertiary/aromatic N) is 2. The highest BCUT2D eigenvalue weighted by atomic mass is 35.5. The van der Waals surface area contributed by atoms with E-state index in [1.54, 1.807) is 29.2 Å². The van der Waals surface area contributed by atoms with Crippen molar-refractivity contribution in [3.63, 3.8) is 0 Å². The molecule has 0 spiro atoms. The highest BCUT2D eigenvalue weighted by Crippen LogP contribution is 2.39. The number of anilines is 1. The number of amides is 4. The summed E-state index contributed by atoms with van der Waals surface area (Å²) in [5, 5.41) is 2.42. The number of benzene rings is 2. The monoisotopic (exact) mass is 571 g/mol. The van der Waals surface area contributed by atoms with E-state index in [-0.39, 0.29) is 46.4 Å². The molecule has 9 nitrogen and oxygen atoms in total. The van der Waals surface area contributed by atoms with E-state index >= 15 is 0 Å². The second-order valence-electron chi connectivity index (χ2n) is 9.30. The van der Waals surface area contributed by atoms with Crippen LogP contribution < -0.4 is 14.8 Å². The van der Waals surface area contributed by atoms with Crippen molar-refractivity contribution in [2.24, 2.45) is 0 Å². The maximum Gasteiger partial charge on any atom is 0.294 e. The van der Waals surface area contributed by atoms with Crippen molar-refractivity contribution in [3.8, 4) is 11.5 Å². The minimum atomic E-state index is -0.531. The molecule has 4 amide bonds. The molecule has 0 aromatic heterocycles. The second kappa shape index (κ2) is 13.0. The molecular weight excluding hydrogens is 542 g/mol. The maximum absolute atomic E-state index is 13.0. The summed E-state index contributed by atoms with van der Waals surface area (Å²) in [6.07, 6.45) is 5.51. The van der Waals surface area contributed by atoms with Crippen LogP contribution in [0.25, 0.3) is 6.08 Å². The third kappa shape index (κ3) is 7.33. The van der Waals surface area contributed by atoms with Crippen LogP contribution in [-0.2, 0) is 14.4 Å². The van der Waals surface area contributed by atoms with Gasteiger partial charge in [-0.1, -0.05) is 42.1 Å². The van der Waals surface area contributed by atoms with Gasteiger partial charge in [-0.15, -0.1) is 0 Å². The first-order valence-corrected chi connectivity index (χ1v) is 13.8. The van der Waals surface area contributed by atoms with Crippen LogP contribution in [0.4, 0.5) is 10.5 Å². The Morgan fingerprint density at radius 3 is 2.44 bits per heavy atom. The average molecular weight is 572 g/mol. The molecule has 0 unspecified atom stereocenters. The van der Waals surface area contributed by atoms with Crippen LogP contribution in [0.5, 0.6) is 11.5 Å². The minimum absolute atomic E-state index is 0.166. The van der Waals surface area contributed by atoms with E-state index in [0.29, 0.717) is 24.3 Å². The summed E-state index contributed by atoms with van der Waals surface area (Å²) in [7, 11) is 1.43. The smallest absolute Gasteiger partial charge is 0.294 e. The van der Waals surface area contributed by atoms with Crippen LogP contribution in [-0.4, -0.2) is 66.1 Å². The van der Waals surface area contributed by atoms with Crippen LogP contribution >= 0.6 is 23.4 Å². The van der Waals surface area contributed by atoms with E-state index in [4.69, 9.17) is 21.1 Å². The molecule has 2 saturated heterocycles. The molecule has 2 aromatic rings. The summed E-state index contributed by atoms with van der Waals surface area (Å²) < 4.78 is 11.0. The Labute approximate surface area is 236 Å². The van der Waals surface area contributed by atoms with Crippen LogP contribution in [0.3, 0.4) is 0 Å². The highest BCUT2D eigenvalue weighted by molar-refractivity contribution is 8.18. The number of hydrogen-bond acceptors (Lipinski definition) is 7. The summed E-state index contributed by atoms with van der Waals surface area (Å²) >= 11 is 7.21. The molecule has 2 aliphatic heterocycles. The normalized spacial score (nSPS) is 16.8. The molecule has 4 rings (SSSR count). The van der Waals surface area contributed by atoms with Crippen LogP contribution in [0.2, 0.25) is 5.02 Å². The Morgan fingerprint density at radius 1 is 1.08 bits per heavy atom. The fourth-order valence-electron chi connectivity index (χ4n) is 4.28. The van der Waals surface area contributed by atoms with Crippen molar-refractivity contribution in [3.05, 3.63) is 57.5 Å². The molecule has 0 radical (unpaired) electrons. The Balaban J connectivity index is 1.42. The zero-order chi connectivity index (χ0) is 27.9. The van der Waals surface area contributed by atoms with Gasteiger partial charge in [-0.2, -0.15) is 0 Å². The quantitative estimate of drug-likeness (QED) is 0.439. The number of aryl methyl sites for hydroxylation is 1. The van der Waals surface area contributed by atoms with E-state index in [0.717, 1.165) is 47.9 Å². The van der Waals surface area contributed by atoms with Gasteiger partial charge in [0.2, 0.25) is 5.91 Å². The van der Waals surface area contributed by atoms with Gasteiger partial charge >= 0.3 is 0 Å². The van der Waals surface area contributed by atoms with E-state index < -0.39 is 11.1 Å². The van der Waals surface area contributed by atoms with Gasteiger partial charge < -0.3 is 19.7 Å². The first kappa shape index (κ1) is 28.5. The summed E-state index contributed by atoms with van der Waals surface area (Å²) in [4.78, 5) is 53.5. The fourth-order valence-corrected chi connectivity index (χ4v) is 5.39. The lowest BCUT2D eigenvalue weighted by molar-refractivity contribution is -0.135. The topological polar surface area (TPSA) is 105 Å². The van der Waals surface area contributed by atoms with Crippen LogP contribution in [0, 0.1) is 6.92 Å². The van der Waals surface area contributed by atoms with E-state index in [2.05, 4.69) is 5.32 Å². The van der Waals surface area contributed by atoms with Gasteiger partial charge in [-0.25, -0.2) is 0 Å². The average Bonchev–Trinajstić information content (AvgIpc) is 3.09. The lowest BCUT2D eigenvalue weighted by Crippen LogP contribution is -2.42. The van der Waals surface area contributed by atoms with Gasteiger partial charge in [0.15, 0.2) is 18.1 Å². The number of thioether (sulfide) groups is 1. The zero-order valence-electron chi connectivity index (χ0n) is 21.8. The van der Waals surface area contributed by atoms with E-state index in [9.17, 15) is 19.2 Å². The molecule has 0 saturated carbocycles. The molecule has 39 heavy (non-hydrogen) atoms. The lowest BCUT2D eigenvalue weighted by atomic mass is 10.1.